The molecule has 0 aliphatic carbocycles. The Morgan fingerprint density at radius 3 is 2.56 bits per heavy atom. The summed E-state index contributed by atoms with van der Waals surface area (Å²) >= 11 is 1.26. The van der Waals surface area contributed by atoms with Crippen LogP contribution in [0.15, 0.2) is 47.0 Å². The van der Waals surface area contributed by atoms with Crippen molar-refractivity contribution in [1.29, 1.82) is 0 Å². The van der Waals surface area contributed by atoms with Gasteiger partial charge in [0, 0.05) is 16.4 Å². The normalized spacial score (nSPS) is 21.4. The minimum Gasteiger partial charge on any atom is -0.387 e. The standard InChI is InChI=1S/C25H30FN3O5S2/c1-25(2,32)15-6-7-16(18(26)12-15)20-13-17(23(27)31)24(35-20)29-21-5-3-4-19(28-21)22(30)14-8-10-36(33,34)11-9-14/h3-7,12,14,20,22,30,32H,8-11,13H2,1-2H3,(H2,27,31)(H,28,29). The number of aliphatic hydroxyl groups excluding tert-OH is 1. The lowest BCUT2D eigenvalue weighted by molar-refractivity contribution is -0.114. The fraction of sp³-hybridized carbons (Fsp3) is 0.440. The van der Waals surface area contributed by atoms with E-state index in [-0.39, 0.29) is 23.8 Å². The Kier molecular flexibility index (Phi) is 7.47. The molecular formula is C25H30FN3O5S2. The molecule has 2 aliphatic heterocycles. The maximum Gasteiger partial charge on any atom is 0.247 e. The number of carbonyl (C=O) groups is 1. The zero-order valence-corrected chi connectivity index (χ0v) is 21.7. The van der Waals surface area contributed by atoms with Gasteiger partial charge in [-0.3, -0.25) is 4.79 Å². The van der Waals surface area contributed by atoms with Crippen LogP contribution in [0.5, 0.6) is 0 Å². The molecule has 0 radical (unpaired) electrons. The predicted octanol–water partition coefficient (Wildman–Crippen LogP) is 3.29. The largest absolute Gasteiger partial charge is 0.387 e. The highest BCUT2D eigenvalue weighted by Crippen LogP contribution is 2.48. The van der Waals surface area contributed by atoms with Crippen molar-refractivity contribution < 1.29 is 27.8 Å². The van der Waals surface area contributed by atoms with Crippen molar-refractivity contribution in [2.75, 3.05) is 16.8 Å². The quantitative estimate of drug-likeness (QED) is 0.423. The molecule has 0 saturated carbocycles. The van der Waals surface area contributed by atoms with Crippen LogP contribution in [-0.4, -0.2) is 41.0 Å². The molecule has 1 fully saturated rings. The molecule has 0 bridgehead atoms. The summed E-state index contributed by atoms with van der Waals surface area (Å²) in [6.45, 7) is 3.16. The molecule has 8 nitrogen and oxygen atoms in total. The summed E-state index contributed by atoms with van der Waals surface area (Å²) in [5.41, 5.74) is 6.00. The van der Waals surface area contributed by atoms with Gasteiger partial charge in [-0.1, -0.05) is 30.0 Å². The average molecular weight is 536 g/mol. The van der Waals surface area contributed by atoms with E-state index in [1.54, 1.807) is 44.2 Å². The lowest BCUT2D eigenvalue weighted by Crippen LogP contribution is -2.27. The molecule has 1 aromatic carbocycles. The molecule has 1 saturated heterocycles. The van der Waals surface area contributed by atoms with Crippen LogP contribution in [0.3, 0.4) is 0 Å². The molecule has 36 heavy (non-hydrogen) atoms. The maximum absolute atomic E-state index is 14.9. The number of benzene rings is 1. The van der Waals surface area contributed by atoms with E-state index in [9.17, 15) is 27.8 Å². The van der Waals surface area contributed by atoms with Crippen molar-refractivity contribution in [2.45, 2.75) is 50.1 Å². The summed E-state index contributed by atoms with van der Waals surface area (Å²) in [5.74, 6) is -0.832. The third-order valence-corrected chi connectivity index (χ3v) is 9.64. The number of aliphatic hydroxyl groups is 2. The first-order valence-electron chi connectivity index (χ1n) is 11.7. The molecule has 1 amide bonds. The summed E-state index contributed by atoms with van der Waals surface area (Å²) in [6.07, 6.45) is 0.0452. The first-order valence-corrected chi connectivity index (χ1v) is 14.4. The van der Waals surface area contributed by atoms with Crippen molar-refractivity contribution in [2.24, 2.45) is 11.7 Å². The second-order valence-corrected chi connectivity index (χ2v) is 13.3. The number of carbonyl (C=O) groups excluding carboxylic acids is 1. The van der Waals surface area contributed by atoms with Crippen molar-refractivity contribution in [3.05, 3.63) is 69.6 Å². The summed E-state index contributed by atoms with van der Waals surface area (Å²) in [5, 5.41) is 24.1. The molecule has 2 aromatic rings. The first kappa shape index (κ1) is 26.6. The zero-order valence-electron chi connectivity index (χ0n) is 20.1. The third-order valence-electron chi connectivity index (χ3n) is 6.64. The molecule has 194 valence electrons. The second kappa shape index (κ2) is 10.1. The fourth-order valence-corrected chi connectivity index (χ4v) is 7.33. The number of rotatable bonds is 7. The summed E-state index contributed by atoms with van der Waals surface area (Å²) in [7, 11) is -3.05. The molecule has 4 rings (SSSR count). The summed E-state index contributed by atoms with van der Waals surface area (Å²) < 4.78 is 38.3. The number of nitrogens with zero attached hydrogens (tertiary/aromatic N) is 1. The molecule has 0 spiro atoms. The van der Waals surface area contributed by atoms with Gasteiger partial charge < -0.3 is 21.3 Å². The molecule has 1 aromatic heterocycles. The van der Waals surface area contributed by atoms with Crippen LogP contribution in [-0.2, 0) is 20.2 Å². The van der Waals surface area contributed by atoms with E-state index in [4.69, 9.17) is 5.73 Å². The van der Waals surface area contributed by atoms with E-state index in [1.807, 2.05) is 0 Å². The lowest BCUT2D eigenvalue weighted by Gasteiger charge is -2.26. The smallest absolute Gasteiger partial charge is 0.247 e. The third kappa shape index (κ3) is 5.91. The number of halogens is 1. The van der Waals surface area contributed by atoms with E-state index in [2.05, 4.69) is 10.3 Å². The molecule has 3 heterocycles. The van der Waals surface area contributed by atoms with Crippen molar-refractivity contribution in [1.82, 2.24) is 4.98 Å². The van der Waals surface area contributed by atoms with Gasteiger partial charge in [-0.2, -0.15) is 0 Å². The minimum absolute atomic E-state index is 0.0485. The number of hydrogen-bond donors (Lipinski definition) is 4. The number of nitrogens with two attached hydrogens (primary N) is 1. The van der Waals surface area contributed by atoms with Crippen LogP contribution in [0.4, 0.5) is 10.2 Å². The van der Waals surface area contributed by atoms with Gasteiger partial charge in [0.15, 0.2) is 0 Å². The van der Waals surface area contributed by atoms with Gasteiger partial charge in [-0.15, -0.1) is 0 Å². The van der Waals surface area contributed by atoms with Gasteiger partial charge in [-0.05, 0) is 62.8 Å². The van der Waals surface area contributed by atoms with E-state index >= 15 is 0 Å². The molecule has 2 unspecified atom stereocenters. The van der Waals surface area contributed by atoms with Crippen LogP contribution in [0.1, 0.15) is 61.3 Å². The van der Waals surface area contributed by atoms with E-state index in [0.717, 1.165) is 0 Å². The Morgan fingerprint density at radius 1 is 1.25 bits per heavy atom. The number of hydrogen-bond acceptors (Lipinski definition) is 8. The Labute approximate surface area is 214 Å². The van der Waals surface area contributed by atoms with Crippen molar-refractivity contribution in [3.63, 3.8) is 0 Å². The highest BCUT2D eigenvalue weighted by Gasteiger charge is 2.33. The first-order chi connectivity index (χ1) is 16.8. The molecule has 2 aliphatic rings. The molecular weight excluding hydrogens is 505 g/mol. The minimum atomic E-state index is -3.05. The van der Waals surface area contributed by atoms with Crippen molar-refractivity contribution in [3.8, 4) is 0 Å². The lowest BCUT2D eigenvalue weighted by atomic mass is 9.93. The van der Waals surface area contributed by atoms with Crippen LogP contribution in [0, 0.1) is 11.7 Å². The Hall–Kier alpha value is -2.47. The summed E-state index contributed by atoms with van der Waals surface area (Å²) in [6, 6.07) is 9.64. The highest BCUT2D eigenvalue weighted by molar-refractivity contribution is 8.03. The van der Waals surface area contributed by atoms with Gasteiger partial charge in [0.2, 0.25) is 5.91 Å². The van der Waals surface area contributed by atoms with Gasteiger partial charge in [0.05, 0.1) is 33.9 Å². The van der Waals surface area contributed by atoms with Crippen LogP contribution < -0.4 is 11.1 Å². The Balaban J connectivity index is 1.51. The Morgan fingerprint density at radius 2 is 1.94 bits per heavy atom. The molecule has 11 heteroatoms. The number of amides is 1. The van der Waals surface area contributed by atoms with Crippen molar-refractivity contribution >= 4 is 33.3 Å². The topological polar surface area (TPSA) is 143 Å². The fourth-order valence-electron chi connectivity index (χ4n) is 4.46. The average Bonchev–Trinajstić information content (AvgIpc) is 3.22. The number of sulfone groups is 1. The summed E-state index contributed by atoms with van der Waals surface area (Å²) in [4.78, 5) is 16.6. The number of aromatic nitrogens is 1. The van der Waals surface area contributed by atoms with E-state index < -0.39 is 38.5 Å². The maximum atomic E-state index is 14.9. The zero-order chi connectivity index (χ0) is 26.3. The van der Waals surface area contributed by atoms with E-state index in [0.29, 0.717) is 46.1 Å². The van der Waals surface area contributed by atoms with E-state index in [1.165, 1.54) is 17.8 Å². The predicted molar refractivity (Wildman–Crippen MR) is 137 cm³/mol. The second-order valence-electron chi connectivity index (χ2n) is 9.78. The SMILES string of the molecule is CC(C)(O)c1ccc(C2CC(C(N)=O)=C(Nc3cccc(C(O)C4CCS(=O)(=O)CC4)n3)S2)c(F)c1. The van der Waals surface area contributed by atoms with Gasteiger partial charge in [0.25, 0.3) is 0 Å². The highest BCUT2D eigenvalue weighted by atomic mass is 32.2. The Bertz CT molecular complexity index is 1290. The number of primary amides is 1. The molecule has 2 atom stereocenters. The number of pyridine rings is 1. The van der Waals surface area contributed by atoms with Crippen LogP contribution in [0.25, 0.3) is 0 Å². The van der Waals surface area contributed by atoms with Gasteiger partial charge in [0.1, 0.15) is 21.5 Å². The number of thioether (sulfide) groups is 1. The van der Waals surface area contributed by atoms with Gasteiger partial charge in [-0.25, -0.2) is 17.8 Å². The van der Waals surface area contributed by atoms with Crippen LogP contribution in [0.2, 0.25) is 0 Å². The number of nitrogens with one attached hydrogen (secondary N) is 1. The van der Waals surface area contributed by atoms with Gasteiger partial charge >= 0.3 is 0 Å². The number of anilines is 1. The molecule has 5 N–H and O–H groups in total. The monoisotopic (exact) mass is 535 g/mol. The van der Waals surface area contributed by atoms with Crippen LogP contribution >= 0.6 is 11.8 Å².